The van der Waals surface area contributed by atoms with Gasteiger partial charge in [-0.05, 0) is 29.8 Å². The van der Waals surface area contributed by atoms with Crippen molar-refractivity contribution in [3.63, 3.8) is 0 Å². The lowest BCUT2D eigenvalue weighted by molar-refractivity contribution is -0.138. The third-order valence-electron chi connectivity index (χ3n) is 5.99. The first-order chi connectivity index (χ1) is 15.3. The van der Waals surface area contributed by atoms with Crippen molar-refractivity contribution >= 4 is 11.8 Å². The second-order valence-electron chi connectivity index (χ2n) is 8.30. The Bertz CT molecular complexity index is 959. The number of alkyl halides is 3. The average molecular weight is 446 g/mol. The van der Waals surface area contributed by atoms with E-state index < -0.39 is 17.7 Å². The molecule has 2 fully saturated rings. The predicted molar refractivity (Wildman–Crippen MR) is 111 cm³/mol. The second-order valence-corrected chi connectivity index (χ2v) is 8.30. The lowest BCUT2D eigenvalue weighted by Crippen LogP contribution is -2.50. The zero-order valence-electron chi connectivity index (χ0n) is 17.6. The van der Waals surface area contributed by atoms with Crippen molar-refractivity contribution in [3.8, 4) is 0 Å². The maximum Gasteiger partial charge on any atom is 0.416 e. The van der Waals surface area contributed by atoms with Crippen molar-refractivity contribution in [2.75, 3.05) is 32.7 Å². The molecule has 6 nitrogen and oxygen atoms in total. The van der Waals surface area contributed by atoms with Crippen LogP contribution in [-0.4, -0.2) is 64.2 Å². The fourth-order valence-corrected chi connectivity index (χ4v) is 4.26. The van der Waals surface area contributed by atoms with E-state index in [1.807, 2.05) is 18.2 Å². The Kier molecular flexibility index (Phi) is 6.45. The number of benzene rings is 1. The zero-order chi connectivity index (χ0) is 22.7. The molecule has 0 radical (unpaired) electrons. The maximum absolute atomic E-state index is 13.0. The van der Waals surface area contributed by atoms with Gasteiger partial charge in [0.1, 0.15) is 0 Å². The number of likely N-dealkylation sites (tertiary alicyclic amines) is 1. The highest BCUT2D eigenvalue weighted by atomic mass is 19.4. The minimum Gasteiger partial charge on any atom is -0.340 e. The molecule has 0 aliphatic carbocycles. The number of piperazine rings is 1. The fourth-order valence-electron chi connectivity index (χ4n) is 4.26. The zero-order valence-corrected chi connectivity index (χ0v) is 17.6. The van der Waals surface area contributed by atoms with Crippen LogP contribution in [0.3, 0.4) is 0 Å². The van der Waals surface area contributed by atoms with Crippen LogP contribution in [-0.2, 0) is 28.9 Å². The van der Waals surface area contributed by atoms with Crippen LogP contribution < -0.4 is 0 Å². The summed E-state index contributed by atoms with van der Waals surface area (Å²) in [6, 6.07) is 10.8. The van der Waals surface area contributed by atoms with Crippen LogP contribution in [0.5, 0.6) is 0 Å². The van der Waals surface area contributed by atoms with E-state index in [2.05, 4.69) is 9.88 Å². The molecule has 0 unspecified atom stereocenters. The summed E-state index contributed by atoms with van der Waals surface area (Å²) in [5.74, 6) is -0.701. The quantitative estimate of drug-likeness (QED) is 0.709. The molecule has 170 valence electrons. The van der Waals surface area contributed by atoms with Crippen LogP contribution in [0.4, 0.5) is 13.2 Å². The van der Waals surface area contributed by atoms with Gasteiger partial charge in [-0.25, -0.2) is 0 Å². The molecule has 1 aromatic heterocycles. The molecule has 2 saturated heterocycles. The smallest absolute Gasteiger partial charge is 0.340 e. The van der Waals surface area contributed by atoms with Crippen LogP contribution >= 0.6 is 0 Å². The van der Waals surface area contributed by atoms with Crippen molar-refractivity contribution in [2.45, 2.75) is 25.7 Å². The van der Waals surface area contributed by atoms with Crippen molar-refractivity contribution in [2.24, 2.45) is 5.92 Å². The fraction of sp³-hybridized carbons (Fsp3) is 0.435. The first-order valence-electron chi connectivity index (χ1n) is 10.6. The van der Waals surface area contributed by atoms with Crippen molar-refractivity contribution in [1.29, 1.82) is 0 Å². The first-order valence-corrected chi connectivity index (χ1v) is 10.6. The number of amides is 2. The monoisotopic (exact) mass is 446 g/mol. The summed E-state index contributed by atoms with van der Waals surface area (Å²) in [4.78, 5) is 35.2. The second kappa shape index (κ2) is 9.28. The van der Waals surface area contributed by atoms with Gasteiger partial charge < -0.3 is 9.80 Å². The van der Waals surface area contributed by atoms with Gasteiger partial charge in [0.2, 0.25) is 11.8 Å². The van der Waals surface area contributed by atoms with Crippen molar-refractivity contribution in [3.05, 3.63) is 65.5 Å². The Morgan fingerprint density at radius 1 is 1.03 bits per heavy atom. The molecule has 0 spiro atoms. The molecule has 2 aliphatic rings. The van der Waals surface area contributed by atoms with E-state index >= 15 is 0 Å². The molecule has 2 aromatic rings. The lowest BCUT2D eigenvalue weighted by atomic mass is 10.1. The standard InChI is InChI=1S/C23H25F3N4O2/c24-23(25,26)19-5-3-4-17(12-19)14-30-15-18(13-21(30)31)22(32)29-10-8-28(9-11-29)16-20-6-1-2-7-27-20/h1-7,12,18H,8-11,13-16H2/t18-/m0/s1. The van der Waals surface area contributed by atoms with Crippen LogP contribution in [0.1, 0.15) is 23.2 Å². The lowest BCUT2D eigenvalue weighted by Gasteiger charge is -2.35. The number of hydrogen-bond donors (Lipinski definition) is 0. The summed E-state index contributed by atoms with van der Waals surface area (Å²) in [5.41, 5.74) is 0.654. The van der Waals surface area contributed by atoms with Crippen LogP contribution in [0.2, 0.25) is 0 Å². The maximum atomic E-state index is 13.0. The molecule has 1 aromatic carbocycles. The van der Waals surface area contributed by atoms with Crippen LogP contribution in [0.25, 0.3) is 0 Å². The first kappa shape index (κ1) is 22.3. The topological polar surface area (TPSA) is 56.8 Å². The van der Waals surface area contributed by atoms with Gasteiger partial charge in [0.05, 0.1) is 17.2 Å². The molecule has 32 heavy (non-hydrogen) atoms. The number of aromatic nitrogens is 1. The summed E-state index contributed by atoms with van der Waals surface area (Å²) in [6.07, 6.45) is -2.56. The van der Waals surface area contributed by atoms with E-state index in [9.17, 15) is 22.8 Å². The van der Waals surface area contributed by atoms with Gasteiger partial charge in [-0.15, -0.1) is 0 Å². The molecular weight excluding hydrogens is 421 g/mol. The van der Waals surface area contributed by atoms with E-state index in [0.29, 0.717) is 18.7 Å². The Morgan fingerprint density at radius 2 is 1.81 bits per heavy atom. The predicted octanol–water partition coefficient (Wildman–Crippen LogP) is 2.79. The molecule has 0 bridgehead atoms. The highest BCUT2D eigenvalue weighted by Crippen LogP contribution is 2.30. The number of carbonyl (C=O) groups is 2. The summed E-state index contributed by atoms with van der Waals surface area (Å²) in [5, 5.41) is 0. The molecule has 0 saturated carbocycles. The Labute approximate surface area is 184 Å². The Hall–Kier alpha value is -2.94. The van der Waals surface area contributed by atoms with E-state index in [1.54, 1.807) is 17.2 Å². The Balaban J connectivity index is 1.30. The molecule has 2 amide bonds. The molecule has 4 rings (SSSR count). The number of carbonyl (C=O) groups excluding carboxylic acids is 2. The molecule has 2 aliphatic heterocycles. The number of halogens is 3. The minimum absolute atomic E-state index is 0.0534. The summed E-state index contributed by atoms with van der Waals surface area (Å²) in [6.45, 7) is 3.68. The number of pyridine rings is 1. The van der Waals surface area contributed by atoms with Gasteiger partial charge in [0.25, 0.3) is 0 Å². The highest BCUT2D eigenvalue weighted by Gasteiger charge is 2.37. The minimum atomic E-state index is -4.43. The summed E-state index contributed by atoms with van der Waals surface area (Å²) in [7, 11) is 0. The third kappa shape index (κ3) is 5.27. The van der Waals surface area contributed by atoms with E-state index in [-0.39, 0.29) is 31.3 Å². The third-order valence-corrected chi connectivity index (χ3v) is 5.99. The Morgan fingerprint density at radius 3 is 2.50 bits per heavy atom. The van der Waals surface area contributed by atoms with Gasteiger partial charge >= 0.3 is 6.18 Å². The van der Waals surface area contributed by atoms with Crippen LogP contribution in [0, 0.1) is 5.92 Å². The van der Waals surface area contributed by atoms with Crippen molar-refractivity contribution < 1.29 is 22.8 Å². The summed E-state index contributed by atoms with van der Waals surface area (Å²) < 4.78 is 38.8. The number of hydrogen-bond acceptors (Lipinski definition) is 4. The molecule has 9 heteroatoms. The number of rotatable bonds is 5. The summed E-state index contributed by atoms with van der Waals surface area (Å²) >= 11 is 0. The largest absolute Gasteiger partial charge is 0.416 e. The molecule has 3 heterocycles. The van der Waals surface area contributed by atoms with Gasteiger partial charge in [-0.3, -0.25) is 19.5 Å². The van der Waals surface area contributed by atoms with E-state index in [1.165, 1.54) is 11.0 Å². The van der Waals surface area contributed by atoms with Crippen molar-refractivity contribution in [1.82, 2.24) is 19.7 Å². The van der Waals surface area contributed by atoms with E-state index in [4.69, 9.17) is 0 Å². The normalized spacial score (nSPS) is 20.1. The van der Waals surface area contributed by atoms with Gasteiger partial charge in [-0.2, -0.15) is 13.2 Å². The highest BCUT2D eigenvalue weighted by molar-refractivity contribution is 5.89. The molecule has 0 N–H and O–H groups in total. The van der Waals surface area contributed by atoms with Gasteiger partial charge in [-0.1, -0.05) is 18.2 Å². The molecule has 1 atom stereocenters. The van der Waals surface area contributed by atoms with Crippen LogP contribution in [0.15, 0.2) is 48.7 Å². The molecular formula is C23H25F3N4O2. The van der Waals surface area contributed by atoms with Gasteiger partial charge in [0.15, 0.2) is 0 Å². The van der Waals surface area contributed by atoms with E-state index in [0.717, 1.165) is 37.5 Å². The average Bonchev–Trinajstić information content (AvgIpc) is 3.14. The van der Waals surface area contributed by atoms with Gasteiger partial charge in [0, 0.05) is 58.4 Å². The SMILES string of the molecule is O=C1C[C@H](C(=O)N2CCN(Cc3ccccn3)CC2)CN1Cc1cccc(C(F)(F)F)c1. The number of nitrogens with zero attached hydrogens (tertiary/aromatic N) is 4.